The standard InChI is InChI=1S/C23H29Cl2NO2.ClH/c1-4-15-23(18-7-11-20(24)12-8-18,19-9-13-21(25)14-10-19)22(27)28-17-16-26(5-2)6-3;/h7-14H,4-6,15-17H2,1-3H3;1H. The van der Waals surface area contributed by atoms with Gasteiger partial charge in [0.2, 0.25) is 0 Å². The monoisotopic (exact) mass is 457 g/mol. The van der Waals surface area contributed by atoms with Crippen molar-refractivity contribution in [3.05, 3.63) is 69.7 Å². The number of benzene rings is 2. The topological polar surface area (TPSA) is 29.5 Å². The van der Waals surface area contributed by atoms with Gasteiger partial charge < -0.3 is 9.64 Å². The van der Waals surface area contributed by atoms with Crippen molar-refractivity contribution in [1.29, 1.82) is 0 Å². The second-order valence-electron chi connectivity index (χ2n) is 6.83. The Labute approximate surface area is 190 Å². The fraction of sp³-hybridized carbons (Fsp3) is 0.435. The molecule has 29 heavy (non-hydrogen) atoms. The summed E-state index contributed by atoms with van der Waals surface area (Å²) in [5, 5.41) is 1.28. The highest BCUT2D eigenvalue weighted by Crippen LogP contribution is 2.39. The van der Waals surface area contributed by atoms with E-state index in [2.05, 4.69) is 25.7 Å². The molecule has 0 saturated heterocycles. The predicted octanol–water partition coefficient (Wildman–Crippen LogP) is 6.39. The Morgan fingerprint density at radius 2 is 1.34 bits per heavy atom. The van der Waals surface area contributed by atoms with E-state index < -0.39 is 5.41 Å². The molecule has 0 atom stereocenters. The lowest BCUT2D eigenvalue weighted by Crippen LogP contribution is -2.40. The Bertz CT molecular complexity index is 698. The molecule has 0 bridgehead atoms. The van der Waals surface area contributed by atoms with Crippen LogP contribution in [0.3, 0.4) is 0 Å². The first-order valence-electron chi connectivity index (χ1n) is 9.89. The molecule has 0 unspecified atom stereocenters. The maximum Gasteiger partial charge on any atom is 0.321 e. The number of esters is 1. The summed E-state index contributed by atoms with van der Waals surface area (Å²) in [5.74, 6) is -0.230. The van der Waals surface area contributed by atoms with Crippen LogP contribution in [0.25, 0.3) is 0 Å². The van der Waals surface area contributed by atoms with Crippen LogP contribution in [0.15, 0.2) is 48.5 Å². The third kappa shape index (κ3) is 6.36. The summed E-state index contributed by atoms with van der Waals surface area (Å²) in [6.45, 7) is 9.24. The van der Waals surface area contributed by atoms with Gasteiger partial charge in [0.05, 0.1) is 0 Å². The lowest BCUT2D eigenvalue weighted by Gasteiger charge is -2.33. The molecule has 0 radical (unpaired) electrons. The average Bonchev–Trinajstić information content (AvgIpc) is 2.71. The molecule has 0 aliphatic heterocycles. The van der Waals surface area contributed by atoms with Gasteiger partial charge in [-0.2, -0.15) is 0 Å². The van der Waals surface area contributed by atoms with E-state index in [0.717, 1.165) is 37.2 Å². The first-order chi connectivity index (χ1) is 13.5. The van der Waals surface area contributed by atoms with Crippen LogP contribution in [-0.4, -0.2) is 37.1 Å². The molecule has 0 aromatic heterocycles. The van der Waals surface area contributed by atoms with E-state index >= 15 is 0 Å². The minimum Gasteiger partial charge on any atom is -0.463 e. The van der Waals surface area contributed by atoms with Crippen molar-refractivity contribution in [3.8, 4) is 0 Å². The van der Waals surface area contributed by atoms with Gasteiger partial charge in [-0.15, -0.1) is 12.4 Å². The predicted molar refractivity (Wildman–Crippen MR) is 125 cm³/mol. The maximum absolute atomic E-state index is 13.5. The number of nitrogens with zero attached hydrogens (tertiary/aromatic N) is 1. The third-order valence-electron chi connectivity index (χ3n) is 5.18. The van der Waals surface area contributed by atoms with Crippen LogP contribution >= 0.6 is 35.6 Å². The fourth-order valence-corrected chi connectivity index (χ4v) is 3.82. The van der Waals surface area contributed by atoms with Crippen LogP contribution in [0, 0.1) is 0 Å². The summed E-state index contributed by atoms with van der Waals surface area (Å²) < 4.78 is 5.82. The zero-order chi connectivity index (χ0) is 20.6. The van der Waals surface area contributed by atoms with Crippen LogP contribution < -0.4 is 0 Å². The molecule has 160 valence electrons. The van der Waals surface area contributed by atoms with Crippen molar-refractivity contribution in [2.75, 3.05) is 26.2 Å². The smallest absolute Gasteiger partial charge is 0.321 e. The first-order valence-corrected chi connectivity index (χ1v) is 10.6. The summed E-state index contributed by atoms with van der Waals surface area (Å²) in [4.78, 5) is 15.7. The molecular formula is C23H30Cl3NO2. The number of hydrogen-bond donors (Lipinski definition) is 0. The lowest BCUT2D eigenvalue weighted by molar-refractivity contribution is -0.149. The number of ether oxygens (including phenoxy) is 1. The van der Waals surface area contributed by atoms with Crippen molar-refractivity contribution in [3.63, 3.8) is 0 Å². The Hall–Kier alpha value is -1.26. The van der Waals surface area contributed by atoms with E-state index in [9.17, 15) is 4.79 Å². The van der Waals surface area contributed by atoms with Crippen LogP contribution in [-0.2, 0) is 14.9 Å². The molecule has 0 fully saturated rings. The number of halogens is 3. The SMILES string of the molecule is CCCC(C(=O)OCCN(CC)CC)(c1ccc(Cl)cc1)c1ccc(Cl)cc1.Cl. The normalized spacial score (nSPS) is 11.2. The lowest BCUT2D eigenvalue weighted by atomic mass is 9.71. The molecular weight excluding hydrogens is 429 g/mol. The Kier molecular flexibility index (Phi) is 11.1. The van der Waals surface area contributed by atoms with Crippen LogP contribution in [0.2, 0.25) is 10.0 Å². The summed E-state index contributed by atoms with van der Waals surface area (Å²) in [6.07, 6.45) is 1.47. The van der Waals surface area contributed by atoms with Gasteiger partial charge in [0.1, 0.15) is 12.0 Å². The fourth-order valence-electron chi connectivity index (χ4n) is 3.57. The number of rotatable bonds is 10. The minimum absolute atomic E-state index is 0. The van der Waals surface area contributed by atoms with E-state index in [1.165, 1.54) is 0 Å². The largest absolute Gasteiger partial charge is 0.463 e. The summed E-state index contributed by atoms with van der Waals surface area (Å²) in [7, 11) is 0. The van der Waals surface area contributed by atoms with Crippen molar-refractivity contribution in [1.82, 2.24) is 4.90 Å². The molecule has 0 saturated carbocycles. The summed E-state index contributed by atoms with van der Waals surface area (Å²) in [5.41, 5.74) is 0.885. The molecule has 0 amide bonds. The van der Waals surface area contributed by atoms with Crippen molar-refractivity contribution in [2.24, 2.45) is 0 Å². The zero-order valence-corrected chi connectivity index (χ0v) is 19.6. The van der Waals surface area contributed by atoms with Gasteiger partial charge in [-0.3, -0.25) is 4.79 Å². The van der Waals surface area contributed by atoms with E-state index in [4.69, 9.17) is 27.9 Å². The van der Waals surface area contributed by atoms with E-state index in [1.807, 2.05) is 48.5 Å². The maximum atomic E-state index is 13.5. The third-order valence-corrected chi connectivity index (χ3v) is 5.69. The van der Waals surface area contributed by atoms with Gasteiger partial charge in [0.15, 0.2) is 0 Å². The molecule has 3 nitrogen and oxygen atoms in total. The Morgan fingerprint density at radius 1 is 0.897 bits per heavy atom. The summed E-state index contributed by atoms with van der Waals surface area (Å²) in [6, 6.07) is 14.9. The molecule has 2 aromatic carbocycles. The highest BCUT2D eigenvalue weighted by atomic mass is 35.5. The van der Waals surface area contributed by atoms with Crippen molar-refractivity contribution in [2.45, 2.75) is 39.0 Å². The van der Waals surface area contributed by atoms with Gasteiger partial charge >= 0.3 is 5.97 Å². The number of carbonyl (C=O) groups excluding carboxylic acids is 1. The van der Waals surface area contributed by atoms with Crippen LogP contribution in [0.1, 0.15) is 44.7 Å². The molecule has 0 aliphatic rings. The molecule has 0 aliphatic carbocycles. The van der Waals surface area contributed by atoms with Gasteiger partial charge in [-0.1, -0.05) is 74.7 Å². The van der Waals surface area contributed by atoms with Crippen LogP contribution in [0.5, 0.6) is 0 Å². The van der Waals surface area contributed by atoms with Gasteiger partial charge in [0.25, 0.3) is 0 Å². The molecule has 0 heterocycles. The molecule has 0 spiro atoms. The van der Waals surface area contributed by atoms with Crippen molar-refractivity contribution < 1.29 is 9.53 Å². The number of carbonyl (C=O) groups is 1. The highest BCUT2D eigenvalue weighted by Gasteiger charge is 2.42. The Balaban J connectivity index is 0.00000420. The highest BCUT2D eigenvalue weighted by molar-refractivity contribution is 6.30. The second kappa shape index (κ2) is 12.4. The van der Waals surface area contributed by atoms with Gasteiger partial charge in [-0.05, 0) is 54.9 Å². The average molecular weight is 459 g/mol. The first kappa shape index (κ1) is 25.8. The van der Waals surface area contributed by atoms with E-state index in [1.54, 1.807) is 0 Å². The molecule has 2 aromatic rings. The van der Waals surface area contributed by atoms with Gasteiger partial charge in [-0.25, -0.2) is 0 Å². The number of likely N-dealkylation sites (N-methyl/N-ethyl adjacent to an activating group) is 1. The summed E-state index contributed by atoms with van der Waals surface area (Å²) >= 11 is 12.2. The minimum atomic E-state index is -0.882. The van der Waals surface area contributed by atoms with Crippen molar-refractivity contribution >= 4 is 41.6 Å². The van der Waals surface area contributed by atoms with E-state index in [-0.39, 0.29) is 18.4 Å². The Morgan fingerprint density at radius 3 is 1.72 bits per heavy atom. The number of hydrogen-bond acceptors (Lipinski definition) is 3. The molecule has 2 rings (SSSR count). The van der Waals surface area contributed by atoms with Gasteiger partial charge in [0, 0.05) is 16.6 Å². The quantitative estimate of drug-likeness (QED) is 0.386. The molecule has 0 N–H and O–H groups in total. The van der Waals surface area contributed by atoms with Crippen LogP contribution in [0.4, 0.5) is 0 Å². The van der Waals surface area contributed by atoms with E-state index in [0.29, 0.717) is 23.1 Å². The zero-order valence-electron chi connectivity index (χ0n) is 17.3. The molecule has 6 heteroatoms. The second-order valence-corrected chi connectivity index (χ2v) is 7.70.